The molecule has 150 valence electrons. The summed E-state index contributed by atoms with van der Waals surface area (Å²) in [7, 11) is -2.55. The zero-order valence-electron chi connectivity index (χ0n) is 15.2. The molecule has 0 unspecified atom stereocenters. The summed E-state index contributed by atoms with van der Waals surface area (Å²) in [5.74, 6) is -1.90. The highest BCUT2D eigenvalue weighted by Gasteiger charge is 2.50. The summed E-state index contributed by atoms with van der Waals surface area (Å²) in [5.41, 5.74) is -0.370. The van der Waals surface area contributed by atoms with Gasteiger partial charge >= 0.3 is 0 Å². The van der Waals surface area contributed by atoms with Gasteiger partial charge in [0.1, 0.15) is 16.5 Å². The van der Waals surface area contributed by atoms with Crippen molar-refractivity contribution in [3.05, 3.63) is 29.8 Å². The monoisotopic (exact) mass is 402 g/mol. The first-order valence-electron chi connectivity index (χ1n) is 9.02. The fraction of sp³-hybridized carbons (Fsp3) is 0.611. The molecule has 1 saturated carbocycles. The number of halogens is 2. The van der Waals surface area contributed by atoms with Crippen molar-refractivity contribution in [2.24, 2.45) is 5.41 Å². The Morgan fingerprint density at radius 2 is 2.11 bits per heavy atom. The van der Waals surface area contributed by atoms with E-state index in [-0.39, 0.29) is 23.9 Å². The van der Waals surface area contributed by atoms with Crippen LogP contribution in [0.3, 0.4) is 0 Å². The van der Waals surface area contributed by atoms with Crippen molar-refractivity contribution < 1.29 is 26.7 Å². The maximum atomic E-state index is 13.9. The summed E-state index contributed by atoms with van der Waals surface area (Å²) in [5, 5.41) is 0. The molecule has 1 heterocycles. The van der Waals surface area contributed by atoms with Crippen LogP contribution in [0.25, 0.3) is 0 Å². The molecule has 0 spiro atoms. The van der Waals surface area contributed by atoms with Crippen LogP contribution in [0.15, 0.2) is 23.1 Å². The van der Waals surface area contributed by atoms with Crippen molar-refractivity contribution >= 4 is 15.9 Å². The zero-order valence-corrected chi connectivity index (χ0v) is 16.0. The van der Waals surface area contributed by atoms with Gasteiger partial charge in [-0.05, 0) is 31.4 Å². The number of likely N-dealkylation sites (tertiary alicyclic amines) is 1. The zero-order chi connectivity index (χ0) is 19.7. The van der Waals surface area contributed by atoms with Crippen molar-refractivity contribution in [2.45, 2.75) is 43.0 Å². The van der Waals surface area contributed by atoms with Crippen LogP contribution >= 0.6 is 0 Å². The van der Waals surface area contributed by atoms with E-state index in [2.05, 4.69) is 4.72 Å². The number of nitrogens with one attached hydrogen (secondary N) is 1. The van der Waals surface area contributed by atoms with Gasteiger partial charge in [-0.2, -0.15) is 0 Å². The van der Waals surface area contributed by atoms with Gasteiger partial charge in [-0.25, -0.2) is 21.9 Å². The van der Waals surface area contributed by atoms with Gasteiger partial charge in [-0.15, -0.1) is 0 Å². The minimum absolute atomic E-state index is 0.0574. The quantitative estimate of drug-likeness (QED) is 0.758. The molecule has 9 heteroatoms. The molecule has 1 N–H and O–H groups in total. The van der Waals surface area contributed by atoms with E-state index in [1.54, 1.807) is 12.0 Å². The highest BCUT2D eigenvalue weighted by atomic mass is 32.2. The first kappa shape index (κ1) is 20.2. The second-order valence-corrected chi connectivity index (χ2v) is 8.99. The van der Waals surface area contributed by atoms with E-state index >= 15 is 0 Å². The van der Waals surface area contributed by atoms with Crippen LogP contribution in [0.4, 0.5) is 8.78 Å². The molecular weight excluding hydrogens is 378 g/mol. The van der Waals surface area contributed by atoms with Gasteiger partial charge in [0.15, 0.2) is 0 Å². The second kappa shape index (κ2) is 7.81. The van der Waals surface area contributed by atoms with Crippen molar-refractivity contribution in [3.8, 4) is 0 Å². The number of methoxy groups -OCH3 is 1. The van der Waals surface area contributed by atoms with Gasteiger partial charge in [0.2, 0.25) is 15.9 Å². The third-order valence-electron chi connectivity index (χ3n) is 5.73. The molecule has 6 nitrogen and oxygen atoms in total. The number of piperidine rings is 1. The lowest BCUT2D eigenvalue weighted by molar-refractivity contribution is -0.142. The molecule has 1 amide bonds. The number of carbonyl (C=O) groups is 1. The summed E-state index contributed by atoms with van der Waals surface area (Å²) in [6, 6.07) is 2.33. The number of hydrogen-bond donors (Lipinski definition) is 1. The van der Waals surface area contributed by atoms with E-state index in [1.165, 1.54) is 0 Å². The number of carbonyl (C=O) groups excluding carboxylic acids is 1. The van der Waals surface area contributed by atoms with Gasteiger partial charge in [-0.1, -0.05) is 6.42 Å². The molecule has 0 bridgehead atoms. The lowest BCUT2D eigenvalue weighted by atomic mass is 9.74. The van der Waals surface area contributed by atoms with Crippen LogP contribution in [-0.4, -0.2) is 52.1 Å². The average Bonchev–Trinajstić information content (AvgIpc) is 3.04. The molecule has 0 aromatic heterocycles. The van der Waals surface area contributed by atoms with E-state index in [9.17, 15) is 22.0 Å². The maximum Gasteiger partial charge on any atom is 0.243 e. The number of nitrogens with zero attached hydrogens (tertiary/aromatic N) is 1. The number of hydrogen-bond acceptors (Lipinski definition) is 4. The van der Waals surface area contributed by atoms with E-state index in [4.69, 9.17) is 4.74 Å². The number of rotatable bonds is 7. The van der Waals surface area contributed by atoms with E-state index in [1.807, 2.05) is 0 Å². The van der Waals surface area contributed by atoms with Gasteiger partial charge < -0.3 is 9.64 Å². The minimum Gasteiger partial charge on any atom is -0.383 e. The fourth-order valence-corrected chi connectivity index (χ4v) is 5.54. The molecule has 1 aromatic carbocycles. The first-order chi connectivity index (χ1) is 12.8. The summed E-state index contributed by atoms with van der Waals surface area (Å²) in [4.78, 5) is 13.6. The Morgan fingerprint density at radius 3 is 2.81 bits per heavy atom. The van der Waals surface area contributed by atoms with Crippen molar-refractivity contribution in [1.29, 1.82) is 0 Å². The summed E-state index contributed by atoms with van der Waals surface area (Å²) in [6.07, 6.45) is 3.44. The summed E-state index contributed by atoms with van der Waals surface area (Å²) < 4.78 is 59.6. The summed E-state index contributed by atoms with van der Waals surface area (Å²) >= 11 is 0. The normalized spacial score (nSPS) is 25.7. The van der Waals surface area contributed by atoms with Gasteiger partial charge in [0, 0.05) is 44.1 Å². The lowest BCUT2D eigenvalue weighted by Gasteiger charge is -2.46. The topological polar surface area (TPSA) is 75.7 Å². The van der Waals surface area contributed by atoms with Crippen molar-refractivity contribution in [1.82, 2.24) is 9.62 Å². The highest BCUT2D eigenvalue weighted by molar-refractivity contribution is 7.89. The smallest absolute Gasteiger partial charge is 0.243 e. The standard InChI is InChI=1S/C18H24F2N2O4S/c1-26-10-9-22-16-3-2-7-18(16,8-6-17(22)23)12-21-27(24,25)15-5-4-13(19)11-14(15)20/h4-5,11,16,21H,2-3,6-10,12H2,1H3/t16-,18+/m1/s1. The Balaban J connectivity index is 1.78. The molecule has 0 radical (unpaired) electrons. The Morgan fingerprint density at radius 1 is 1.33 bits per heavy atom. The SMILES string of the molecule is COCCN1C(=O)CC[C@]2(CNS(=O)(=O)c3ccc(F)cc3F)CCC[C@@H]12. The van der Waals surface area contributed by atoms with Crippen LogP contribution in [0.1, 0.15) is 32.1 Å². The molecular formula is C18H24F2N2O4S. The molecule has 1 aromatic rings. The Hall–Kier alpha value is -1.58. The molecule has 1 aliphatic carbocycles. The Bertz CT molecular complexity index is 818. The fourth-order valence-electron chi connectivity index (χ4n) is 4.35. The molecule has 2 atom stereocenters. The predicted molar refractivity (Wildman–Crippen MR) is 94.4 cm³/mol. The number of ether oxygens (including phenoxy) is 1. The molecule has 2 aliphatic rings. The van der Waals surface area contributed by atoms with Crippen LogP contribution in [0, 0.1) is 17.0 Å². The van der Waals surface area contributed by atoms with Crippen molar-refractivity contribution in [3.63, 3.8) is 0 Å². The van der Waals surface area contributed by atoms with Crippen LogP contribution in [0.5, 0.6) is 0 Å². The summed E-state index contributed by atoms with van der Waals surface area (Å²) in [6.45, 7) is 1.01. The number of sulfonamides is 1. The van der Waals surface area contributed by atoms with Crippen molar-refractivity contribution in [2.75, 3.05) is 26.8 Å². The van der Waals surface area contributed by atoms with Gasteiger partial charge in [-0.3, -0.25) is 4.79 Å². The molecule has 27 heavy (non-hydrogen) atoms. The van der Waals surface area contributed by atoms with E-state index in [0.29, 0.717) is 32.1 Å². The minimum atomic E-state index is -4.12. The first-order valence-corrected chi connectivity index (χ1v) is 10.5. The van der Waals surface area contributed by atoms with Crippen LogP contribution in [-0.2, 0) is 19.6 Å². The molecule has 3 rings (SSSR count). The highest BCUT2D eigenvalue weighted by Crippen LogP contribution is 2.47. The van der Waals surface area contributed by atoms with E-state index < -0.39 is 26.6 Å². The largest absolute Gasteiger partial charge is 0.383 e. The van der Waals surface area contributed by atoms with Crippen LogP contribution in [0.2, 0.25) is 0 Å². The number of amides is 1. The predicted octanol–water partition coefficient (Wildman–Crippen LogP) is 2.05. The third kappa shape index (κ3) is 4.00. The molecule has 2 fully saturated rings. The molecule has 1 aliphatic heterocycles. The number of benzene rings is 1. The average molecular weight is 402 g/mol. The lowest BCUT2D eigenvalue weighted by Crippen LogP contribution is -2.56. The Kier molecular flexibility index (Phi) is 5.83. The van der Waals surface area contributed by atoms with Gasteiger partial charge in [0.25, 0.3) is 0 Å². The maximum absolute atomic E-state index is 13.9. The molecule has 1 saturated heterocycles. The second-order valence-electron chi connectivity index (χ2n) is 7.25. The van der Waals surface area contributed by atoms with Gasteiger partial charge in [0.05, 0.1) is 6.61 Å². The Labute approximate surface area is 157 Å². The van der Waals surface area contributed by atoms with Crippen LogP contribution < -0.4 is 4.72 Å². The van der Waals surface area contributed by atoms with E-state index in [0.717, 1.165) is 31.4 Å². The number of fused-ring (bicyclic) bond motifs is 1. The third-order valence-corrected chi connectivity index (χ3v) is 7.16.